The monoisotopic (exact) mass is 409 g/mol. The van der Waals surface area contributed by atoms with Gasteiger partial charge in [0.15, 0.2) is 0 Å². The highest BCUT2D eigenvalue weighted by Gasteiger charge is 2.29. The molecule has 3 aromatic rings. The van der Waals surface area contributed by atoms with E-state index in [0.717, 1.165) is 40.9 Å². The first kappa shape index (κ1) is 19.5. The fraction of sp³-hybridized carbons (Fsp3) is 0.304. The van der Waals surface area contributed by atoms with Crippen molar-refractivity contribution in [3.63, 3.8) is 0 Å². The van der Waals surface area contributed by atoms with E-state index in [1.54, 1.807) is 4.90 Å². The molecule has 0 N–H and O–H groups in total. The summed E-state index contributed by atoms with van der Waals surface area (Å²) in [5.74, 6) is 0.348. The number of halogens is 1. The van der Waals surface area contributed by atoms with Gasteiger partial charge in [0.2, 0.25) is 0 Å². The number of hydrogen-bond acceptors (Lipinski definition) is 3. The minimum absolute atomic E-state index is 0.348. The first-order chi connectivity index (χ1) is 14.0. The Hall–Kier alpha value is -2.79. The minimum Gasteiger partial charge on any atom is -0.389 e. The van der Waals surface area contributed by atoms with Crippen molar-refractivity contribution in [3.05, 3.63) is 64.3 Å². The second-order valence-corrected chi connectivity index (χ2v) is 7.65. The van der Waals surface area contributed by atoms with Gasteiger partial charge in [0.05, 0.1) is 16.9 Å². The molecule has 0 unspecified atom stereocenters. The van der Waals surface area contributed by atoms with Gasteiger partial charge in [0.25, 0.3) is 5.88 Å². The molecule has 0 spiro atoms. The molecule has 0 aliphatic heterocycles. The zero-order chi connectivity index (χ0) is 20.5. The van der Waals surface area contributed by atoms with E-state index in [1.165, 1.54) is 5.56 Å². The van der Waals surface area contributed by atoms with E-state index in [4.69, 9.17) is 21.4 Å². The third-order valence-electron chi connectivity index (χ3n) is 5.40. The van der Waals surface area contributed by atoms with Crippen molar-refractivity contribution in [2.75, 3.05) is 13.1 Å². The molecule has 1 aliphatic carbocycles. The van der Waals surface area contributed by atoms with Crippen LogP contribution in [0.1, 0.15) is 30.7 Å². The van der Waals surface area contributed by atoms with E-state index in [2.05, 4.69) is 19.1 Å². The summed E-state index contributed by atoms with van der Waals surface area (Å²) < 4.78 is 7.69. The second-order valence-electron chi connectivity index (χ2n) is 7.22. The Bertz CT molecular complexity index is 1050. The number of fused-ring (bicyclic) bond motifs is 3. The number of carbonyl (C=O) groups is 1. The number of nitrogens with zero attached hydrogens (tertiary/aromatic N) is 3. The van der Waals surface area contributed by atoms with Crippen LogP contribution in [0.2, 0.25) is 5.02 Å². The Morgan fingerprint density at radius 3 is 2.55 bits per heavy atom. The lowest BCUT2D eigenvalue weighted by atomic mass is 9.89. The van der Waals surface area contributed by atoms with Gasteiger partial charge >= 0.3 is 6.09 Å². The molecule has 2 aromatic carbocycles. The van der Waals surface area contributed by atoms with Crippen LogP contribution in [-0.2, 0) is 12.8 Å². The Morgan fingerprint density at radius 2 is 1.86 bits per heavy atom. The summed E-state index contributed by atoms with van der Waals surface area (Å²) in [5, 5.41) is 5.43. The summed E-state index contributed by atoms with van der Waals surface area (Å²) in [6, 6.07) is 14.0. The Labute approximate surface area is 175 Å². The molecule has 0 bridgehead atoms. The van der Waals surface area contributed by atoms with Crippen molar-refractivity contribution < 1.29 is 9.53 Å². The van der Waals surface area contributed by atoms with Gasteiger partial charge in [-0.25, -0.2) is 9.48 Å². The lowest BCUT2D eigenvalue weighted by Crippen LogP contribution is -2.33. The van der Waals surface area contributed by atoms with Crippen molar-refractivity contribution >= 4 is 17.7 Å². The molecule has 1 amide bonds. The van der Waals surface area contributed by atoms with Crippen molar-refractivity contribution in [2.24, 2.45) is 0 Å². The summed E-state index contributed by atoms with van der Waals surface area (Å²) in [7, 11) is 0. The summed E-state index contributed by atoms with van der Waals surface area (Å²) in [6.07, 6.45) is 1.28. The topological polar surface area (TPSA) is 47.4 Å². The molecule has 150 valence electrons. The SMILES string of the molecule is CCN(CC)C(=O)Oc1nn(-c2ccc(C)cc2)c2c1-c1ccc(Cl)cc1CC2. The number of ether oxygens (including phenoxy) is 1. The average Bonchev–Trinajstić information content (AvgIpc) is 3.08. The number of aryl methyl sites for hydroxylation is 2. The van der Waals surface area contributed by atoms with Crippen LogP contribution in [0.25, 0.3) is 16.8 Å². The molecular weight excluding hydrogens is 386 g/mol. The maximum Gasteiger partial charge on any atom is 0.416 e. The molecule has 4 rings (SSSR count). The van der Waals surface area contributed by atoms with E-state index >= 15 is 0 Å². The molecule has 5 nitrogen and oxygen atoms in total. The van der Waals surface area contributed by atoms with Crippen molar-refractivity contribution in [2.45, 2.75) is 33.6 Å². The van der Waals surface area contributed by atoms with Gasteiger partial charge in [0.1, 0.15) is 0 Å². The van der Waals surface area contributed by atoms with Crippen LogP contribution in [0.15, 0.2) is 42.5 Å². The van der Waals surface area contributed by atoms with Crippen LogP contribution in [0.4, 0.5) is 4.79 Å². The highest BCUT2D eigenvalue weighted by atomic mass is 35.5. The number of aromatic nitrogens is 2. The summed E-state index contributed by atoms with van der Waals surface area (Å²) in [5.41, 5.74) is 6.23. The van der Waals surface area contributed by atoms with E-state index in [9.17, 15) is 4.79 Å². The second kappa shape index (κ2) is 7.91. The van der Waals surface area contributed by atoms with E-state index in [1.807, 2.05) is 48.9 Å². The lowest BCUT2D eigenvalue weighted by molar-refractivity contribution is 0.155. The highest BCUT2D eigenvalue weighted by Crippen LogP contribution is 2.41. The van der Waals surface area contributed by atoms with Gasteiger partial charge in [0, 0.05) is 18.1 Å². The summed E-state index contributed by atoms with van der Waals surface area (Å²) in [4.78, 5) is 14.3. The van der Waals surface area contributed by atoms with Crippen LogP contribution in [0.5, 0.6) is 5.88 Å². The normalized spacial score (nSPS) is 12.3. The number of carbonyl (C=O) groups excluding carboxylic acids is 1. The van der Waals surface area contributed by atoms with Gasteiger partial charge in [-0.3, -0.25) is 0 Å². The average molecular weight is 410 g/mol. The van der Waals surface area contributed by atoms with Crippen LogP contribution >= 0.6 is 11.6 Å². The predicted molar refractivity (Wildman–Crippen MR) is 115 cm³/mol. The Morgan fingerprint density at radius 1 is 1.14 bits per heavy atom. The van der Waals surface area contributed by atoms with Crippen molar-refractivity contribution in [1.82, 2.24) is 14.7 Å². The standard InChI is InChI=1S/C23H24ClN3O2/c1-4-26(5-2)23(28)29-22-21-19-12-9-17(24)14-16(19)8-13-20(21)27(25-22)18-10-6-15(3)7-11-18/h6-7,9-12,14H,4-5,8,13H2,1-3H3. The molecule has 0 fully saturated rings. The molecule has 1 heterocycles. The fourth-order valence-electron chi connectivity index (χ4n) is 3.80. The van der Waals surface area contributed by atoms with Crippen molar-refractivity contribution in [3.8, 4) is 22.7 Å². The van der Waals surface area contributed by atoms with E-state index in [-0.39, 0.29) is 6.09 Å². The molecule has 0 atom stereocenters. The summed E-state index contributed by atoms with van der Waals surface area (Å²) >= 11 is 6.21. The van der Waals surface area contributed by atoms with Crippen LogP contribution in [0.3, 0.4) is 0 Å². The molecule has 0 radical (unpaired) electrons. The van der Waals surface area contributed by atoms with Gasteiger partial charge in [-0.2, -0.15) is 0 Å². The molecule has 1 aliphatic rings. The zero-order valence-corrected chi connectivity index (χ0v) is 17.7. The van der Waals surface area contributed by atoms with Gasteiger partial charge in [-0.05, 0) is 69.0 Å². The first-order valence-electron chi connectivity index (χ1n) is 9.96. The maximum absolute atomic E-state index is 12.7. The number of hydrogen-bond donors (Lipinski definition) is 0. The van der Waals surface area contributed by atoms with Gasteiger partial charge < -0.3 is 9.64 Å². The number of amides is 1. The quantitative estimate of drug-likeness (QED) is 0.576. The van der Waals surface area contributed by atoms with Crippen molar-refractivity contribution in [1.29, 1.82) is 0 Å². The van der Waals surface area contributed by atoms with Gasteiger partial charge in [-0.1, -0.05) is 35.4 Å². The van der Waals surface area contributed by atoms with E-state index in [0.29, 0.717) is 24.0 Å². The third kappa shape index (κ3) is 3.62. The minimum atomic E-state index is -0.382. The van der Waals surface area contributed by atoms with Crippen LogP contribution < -0.4 is 4.74 Å². The zero-order valence-electron chi connectivity index (χ0n) is 16.9. The predicted octanol–water partition coefficient (Wildman–Crippen LogP) is 5.44. The lowest BCUT2D eigenvalue weighted by Gasteiger charge is -2.20. The third-order valence-corrected chi connectivity index (χ3v) is 5.64. The molecule has 1 aromatic heterocycles. The Balaban J connectivity index is 1.85. The largest absolute Gasteiger partial charge is 0.416 e. The number of benzene rings is 2. The van der Waals surface area contributed by atoms with Crippen LogP contribution in [0, 0.1) is 6.92 Å². The molecule has 0 saturated heterocycles. The molecule has 0 saturated carbocycles. The Kier molecular flexibility index (Phi) is 5.33. The van der Waals surface area contributed by atoms with Crippen LogP contribution in [-0.4, -0.2) is 33.9 Å². The molecule has 6 heteroatoms. The van der Waals surface area contributed by atoms with E-state index < -0.39 is 0 Å². The maximum atomic E-state index is 12.7. The molecular formula is C23H24ClN3O2. The van der Waals surface area contributed by atoms with Gasteiger partial charge in [-0.15, -0.1) is 5.10 Å². The first-order valence-corrected chi connectivity index (χ1v) is 10.3. The summed E-state index contributed by atoms with van der Waals surface area (Å²) in [6.45, 7) is 7.09. The number of rotatable bonds is 4. The fourth-order valence-corrected chi connectivity index (χ4v) is 3.99. The highest BCUT2D eigenvalue weighted by molar-refractivity contribution is 6.30. The molecule has 29 heavy (non-hydrogen) atoms. The smallest absolute Gasteiger partial charge is 0.389 e.